The van der Waals surface area contributed by atoms with Gasteiger partial charge in [0.1, 0.15) is 11.6 Å². The Bertz CT molecular complexity index is 1290. The van der Waals surface area contributed by atoms with Gasteiger partial charge in [-0.15, -0.1) is 0 Å². The first-order valence-corrected chi connectivity index (χ1v) is 10.0. The highest BCUT2D eigenvalue weighted by Crippen LogP contribution is 2.33. The molecule has 0 saturated heterocycles. The molecule has 4 aromatic rings. The third kappa shape index (κ3) is 3.54. The number of benzene rings is 2. The first kappa shape index (κ1) is 19.0. The van der Waals surface area contributed by atoms with Crippen LogP contribution in [0.2, 0.25) is 0 Å². The van der Waals surface area contributed by atoms with Crippen LogP contribution in [0.4, 0.5) is 17.2 Å². The van der Waals surface area contributed by atoms with E-state index in [1.165, 1.54) is 0 Å². The number of anilines is 3. The molecule has 0 radical (unpaired) electrons. The van der Waals surface area contributed by atoms with Gasteiger partial charge >= 0.3 is 0 Å². The maximum absolute atomic E-state index is 12.1. The van der Waals surface area contributed by atoms with Gasteiger partial charge in [0.25, 0.3) is 0 Å². The number of carbonyl (C=O) groups excluding carboxylic acids is 1. The fourth-order valence-electron chi connectivity index (χ4n) is 3.80. The zero-order valence-corrected chi connectivity index (χ0v) is 17.3. The standard InChI is InChI=1S/C24H21N5O2/c1-29-21-12-17(7-5-15(21)6-10-22(29)30)26-24-19-13-18(31-2)8-9-20(19)27-23(28-24)16-4-3-11-25-14-16/h3-5,7-9,11-14H,6,10H2,1-2H3,(H,26,27,28). The number of aryl methyl sites for hydroxylation is 1. The van der Waals surface area contributed by atoms with Gasteiger partial charge in [0.05, 0.1) is 12.6 Å². The summed E-state index contributed by atoms with van der Waals surface area (Å²) in [7, 11) is 3.45. The van der Waals surface area contributed by atoms with Crippen molar-refractivity contribution in [1.82, 2.24) is 15.0 Å². The second kappa shape index (κ2) is 7.68. The van der Waals surface area contributed by atoms with E-state index in [1.807, 2.05) is 49.5 Å². The van der Waals surface area contributed by atoms with Crippen LogP contribution in [-0.2, 0) is 11.2 Å². The third-order valence-electron chi connectivity index (χ3n) is 5.51. The van der Waals surface area contributed by atoms with Crippen molar-refractivity contribution < 1.29 is 9.53 Å². The van der Waals surface area contributed by atoms with Crippen molar-refractivity contribution in [3.63, 3.8) is 0 Å². The molecule has 0 saturated carbocycles. The summed E-state index contributed by atoms with van der Waals surface area (Å²) in [5.74, 6) is 2.09. The van der Waals surface area contributed by atoms with E-state index in [0.29, 0.717) is 18.1 Å². The van der Waals surface area contributed by atoms with Gasteiger partial charge in [-0.05, 0) is 54.4 Å². The van der Waals surface area contributed by atoms with Crippen molar-refractivity contribution in [3.8, 4) is 17.1 Å². The van der Waals surface area contributed by atoms with Gasteiger partial charge < -0.3 is 15.0 Å². The van der Waals surface area contributed by atoms with Gasteiger partial charge in [0.2, 0.25) is 5.91 Å². The first-order valence-electron chi connectivity index (χ1n) is 10.0. The van der Waals surface area contributed by atoms with Gasteiger partial charge in [-0.1, -0.05) is 6.07 Å². The van der Waals surface area contributed by atoms with Crippen LogP contribution < -0.4 is 15.0 Å². The van der Waals surface area contributed by atoms with Crippen molar-refractivity contribution in [2.24, 2.45) is 0 Å². The van der Waals surface area contributed by atoms with Crippen LogP contribution in [0.3, 0.4) is 0 Å². The zero-order valence-electron chi connectivity index (χ0n) is 17.3. The highest BCUT2D eigenvalue weighted by Gasteiger charge is 2.21. The van der Waals surface area contributed by atoms with Crippen LogP contribution in [0.1, 0.15) is 12.0 Å². The van der Waals surface area contributed by atoms with E-state index in [0.717, 1.165) is 45.6 Å². The summed E-state index contributed by atoms with van der Waals surface area (Å²) in [6.07, 6.45) is 4.77. The number of rotatable bonds is 4. The molecule has 0 spiro atoms. The number of aromatic nitrogens is 3. The minimum Gasteiger partial charge on any atom is -0.497 e. The van der Waals surface area contributed by atoms with E-state index >= 15 is 0 Å². The number of fused-ring (bicyclic) bond motifs is 2. The average molecular weight is 411 g/mol. The summed E-state index contributed by atoms with van der Waals surface area (Å²) in [6, 6.07) is 15.6. The predicted molar refractivity (Wildman–Crippen MR) is 121 cm³/mol. The summed E-state index contributed by atoms with van der Waals surface area (Å²) >= 11 is 0. The Morgan fingerprint density at radius 1 is 1.06 bits per heavy atom. The average Bonchev–Trinajstić information content (AvgIpc) is 2.82. The van der Waals surface area contributed by atoms with Crippen molar-refractivity contribution in [3.05, 3.63) is 66.5 Å². The molecular weight excluding hydrogens is 390 g/mol. The molecule has 2 aromatic carbocycles. The van der Waals surface area contributed by atoms with Crippen LogP contribution in [0.25, 0.3) is 22.3 Å². The molecule has 5 rings (SSSR count). The molecular formula is C24H21N5O2. The fourth-order valence-corrected chi connectivity index (χ4v) is 3.80. The smallest absolute Gasteiger partial charge is 0.227 e. The summed E-state index contributed by atoms with van der Waals surface area (Å²) < 4.78 is 5.41. The number of ether oxygens (including phenoxy) is 1. The largest absolute Gasteiger partial charge is 0.497 e. The third-order valence-corrected chi connectivity index (χ3v) is 5.51. The maximum atomic E-state index is 12.1. The van der Waals surface area contributed by atoms with E-state index in [2.05, 4.69) is 16.4 Å². The van der Waals surface area contributed by atoms with Crippen LogP contribution >= 0.6 is 0 Å². The van der Waals surface area contributed by atoms with E-state index in [1.54, 1.807) is 24.4 Å². The predicted octanol–water partition coefficient (Wildman–Crippen LogP) is 4.35. The van der Waals surface area contributed by atoms with Gasteiger partial charge in [-0.3, -0.25) is 9.78 Å². The molecule has 2 aromatic heterocycles. The first-order chi connectivity index (χ1) is 15.1. The number of amides is 1. The fraction of sp³-hybridized carbons (Fsp3) is 0.167. The molecule has 0 bridgehead atoms. The minimum absolute atomic E-state index is 0.126. The highest BCUT2D eigenvalue weighted by molar-refractivity contribution is 5.97. The summed E-state index contributed by atoms with van der Waals surface area (Å²) in [5, 5.41) is 4.27. The molecule has 0 aliphatic carbocycles. The summed E-state index contributed by atoms with van der Waals surface area (Å²) in [4.78, 5) is 27.5. The Kier molecular flexibility index (Phi) is 4.71. The molecule has 154 valence electrons. The maximum Gasteiger partial charge on any atom is 0.227 e. The van der Waals surface area contributed by atoms with Crippen molar-refractivity contribution in [2.75, 3.05) is 24.4 Å². The molecule has 0 atom stereocenters. The zero-order chi connectivity index (χ0) is 21.4. The second-order valence-electron chi connectivity index (χ2n) is 7.44. The lowest BCUT2D eigenvalue weighted by molar-refractivity contribution is -0.118. The lowest BCUT2D eigenvalue weighted by atomic mass is 10.0. The number of nitrogens with one attached hydrogen (secondary N) is 1. The molecule has 3 heterocycles. The molecule has 7 heteroatoms. The molecule has 1 aliphatic heterocycles. The Hall–Kier alpha value is -4.00. The molecule has 0 unspecified atom stereocenters. The van der Waals surface area contributed by atoms with E-state index in [4.69, 9.17) is 14.7 Å². The highest BCUT2D eigenvalue weighted by atomic mass is 16.5. The van der Waals surface area contributed by atoms with Gasteiger partial charge in [0, 0.05) is 48.2 Å². The van der Waals surface area contributed by atoms with Crippen LogP contribution in [0.15, 0.2) is 60.9 Å². The molecule has 1 N–H and O–H groups in total. The number of pyridine rings is 1. The molecule has 1 aliphatic rings. The van der Waals surface area contributed by atoms with Gasteiger partial charge in [-0.2, -0.15) is 0 Å². The van der Waals surface area contributed by atoms with E-state index < -0.39 is 0 Å². The van der Waals surface area contributed by atoms with Crippen molar-refractivity contribution in [2.45, 2.75) is 12.8 Å². The van der Waals surface area contributed by atoms with Crippen molar-refractivity contribution in [1.29, 1.82) is 0 Å². The molecule has 7 nitrogen and oxygen atoms in total. The lowest BCUT2D eigenvalue weighted by Crippen LogP contribution is -2.31. The van der Waals surface area contributed by atoms with Crippen LogP contribution in [0, 0.1) is 0 Å². The van der Waals surface area contributed by atoms with Crippen LogP contribution in [-0.4, -0.2) is 35.0 Å². The Morgan fingerprint density at radius 3 is 2.77 bits per heavy atom. The number of nitrogens with zero attached hydrogens (tertiary/aromatic N) is 4. The topological polar surface area (TPSA) is 80.2 Å². The van der Waals surface area contributed by atoms with Gasteiger partial charge in [-0.25, -0.2) is 9.97 Å². The quantitative estimate of drug-likeness (QED) is 0.538. The number of hydrogen-bond donors (Lipinski definition) is 1. The number of methoxy groups -OCH3 is 1. The number of carbonyl (C=O) groups is 1. The normalized spacial score (nSPS) is 13.2. The van der Waals surface area contributed by atoms with Crippen LogP contribution in [0.5, 0.6) is 5.75 Å². The Labute approximate surface area is 179 Å². The second-order valence-corrected chi connectivity index (χ2v) is 7.44. The molecule has 1 amide bonds. The molecule has 0 fully saturated rings. The Balaban J connectivity index is 1.62. The number of hydrogen-bond acceptors (Lipinski definition) is 6. The minimum atomic E-state index is 0.126. The SMILES string of the molecule is COc1ccc2nc(-c3cccnc3)nc(Nc3ccc4c(c3)N(C)C(=O)CC4)c2c1. The lowest BCUT2D eigenvalue weighted by Gasteiger charge is -2.26. The Morgan fingerprint density at radius 2 is 1.97 bits per heavy atom. The van der Waals surface area contributed by atoms with Crippen molar-refractivity contribution >= 4 is 34.0 Å². The summed E-state index contributed by atoms with van der Waals surface area (Å²) in [6.45, 7) is 0. The molecule has 31 heavy (non-hydrogen) atoms. The summed E-state index contributed by atoms with van der Waals surface area (Å²) in [5.41, 5.74) is 4.56. The van der Waals surface area contributed by atoms with Gasteiger partial charge in [0.15, 0.2) is 5.82 Å². The monoisotopic (exact) mass is 411 g/mol. The van der Waals surface area contributed by atoms with E-state index in [9.17, 15) is 4.79 Å². The van der Waals surface area contributed by atoms with E-state index in [-0.39, 0.29) is 5.91 Å².